The lowest BCUT2D eigenvalue weighted by atomic mass is 9.98. The number of rotatable bonds is 7. The lowest BCUT2D eigenvalue weighted by Gasteiger charge is -2.31. The van der Waals surface area contributed by atoms with Gasteiger partial charge in [0.1, 0.15) is 0 Å². The van der Waals surface area contributed by atoms with Crippen molar-refractivity contribution in [1.82, 2.24) is 14.9 Å². The molecule has 1 aliphatic rings. The molecule has 1 fully saturated rings. The number of hydrogen-bond acceptors (Lipinski definition) is 3. The summed E-state index contributed by atoms with van der Waals surface area (Å²) in [6.07, 6.45) is 1.69. The minimum absolute atomic E-state index is 0. The average Bonchev–Trinajstić information content (AvgIpc) is 2.80. The highest BCUT2D eigenvalue weighted by Gasteiger charge is 2.29. The van der Waals surface area contributed by atoms with Crippen LogP contribution in [0.2, 0.25) is 0 Å². The first-order chi connectivity index (χ1) is 14.5. The van der Waals surface area contributed by atoms with E-state index in [1.54, 1.807) is 35.6 Å². The van der Waals surface area contributed by atoms with Crippen molar-refractivity contribution in [3.8, 4) is 0 Å². The third kappa shape index (κ3) is 7.18. The molecule has 0 aliphatic carbocycles. The molecule has 1 saturated heterocycles. The molecule has 6 nitrogen and oxygen atoms in total. The Labute approximate surface area is 203 Å². The summed E-state index contributed by atoms with van der Waals surface area (Å²) < 4.78 is 27.1. The monoisotopic (exact) mass is 556 g/mol. The summed E-state index contributed by atoms with van der Waals surface area (Å²) in [6, 6.07) is 19.1. The number of nitrogens with one attached hydrogen (secondary N) is 2. The zero-order chi connectivity index (χ0) is 21.4. The van der Waals surface area contributed by atoms with Gasteiger partial charge in [-0.3, -0.25) is 4.99 Å². The second kappa shape index (κ2) is 12.4. The summed E-state index contributed by atoms with van der Waals surface area (Å²) in [6.45, 7) is 4.90. The third-order valence-corrected chi connectivity index (χ3v) is 7.59. The van der Waals surface area contributed by atoms with Gasteiger partial charge in [-0.25, -0.2) is 8.42 Å². The minimum Gasteiger partial charge on any atom is -0.356 e. The second-order valence-corrected chi connectivity index (χ2v) is 9.74. The maximum atomic E-state index is 12.8. The molecule has 1 aliphatic heterocycles. The van der Waals surface area contributed by atoms with Crippen LogP contribution in [0, 0.1) is 5.92 Å². The molecule has 0 saturated carbocycles. The van der Waals surface area contributed by atoms with E-state index in [9.17, 15) is 8.42 Å². The topological polar surface area (TPSA) is 73.8 Å². The average molecular weight is 557 g/mol. The highest BCUT2D eigenvalue weighted by atomic mass is 127. The molecule has 2 aromatic carbocycles. The summed E-state index contributed by atoms with van der Waals surface area (Å²) in [7, 11) is -1.61. The Morgan fingerprint density at radius 2 is 1.61 bits per heavy atom. The molecule has 0 spiro atoms. The summed E-state index contributed by atoms with van der Waals surface area (Å²) >= 11 is 0. The molecule has 8 heteroatoms. The van der Waals surface area contributed by atoms with Crippen LogP contribution in [0.5, 0.6) is 0 Å². The Morgan fingerprint density at radius 1 is 1.03 bits per heavy atom. The van der Waals surface area contributed by atoms with Gasteiger partial charge in [0.15, 0.2) is 5.96 Å². The van der Waals surface area contributed by atoms with Crippen LogP contribution in [0.15, 0.2) is 70.6 Å². The molecule has 0 radical (unpaired) electrons. The zero-order valence-electron chi connectivity index (χ0n) is 18.2. The van der Waals surface area contributed by atoms with Gasteiger partial charge in [0.05, 0.1) is 4.90 Å². The molecule has 1 heterocycles. The number of aliphatic imine (C=N–C) groups is 1. The number of benzene rings is 2. The van der Waals surface area contributed by atoms with E-state index in [1.807, 2.05) is 12.1 Å². The molecule has 3 rings (SSSR count). The van der Waals surface area contributed by atoms with Crippen LogP contribution in [0.4, 0.5) is 0 Å². The smallest absolute Gasteiger partial charge is 0.243 e. The Hall–Kier alpha value is -1.65. The van der Waals surface area contributed by atoms with Crippen molar-refractivity contribution in [3.63, 3.8) is 0 Å². The number of hydrogen-bond donors (Lipinski definition) is 2. The summed E-state index contributed by atoms with van der Waals surface area (Å²) in [5.41, 5.74) is 1.30. The molecule has 2 aromatic rings. The molecule has 1 atom stereocenters. The van der Waals surface area contributed by atoms with Crippen LogP contribution in [0.3, 0.4) is 0 Å². The second-order valence-electron chi connectivity index (χ2n) is 7.81. The highest BCUT2D eigenvalue weighted by molar-refractivity contribution is 14.0. The van der Waals surface area contributed by atoms with E-state index < -0.39 is 10.0 Å². The van der Waals surface area contributed by atoms with Gasteiger partial charge in [0, 0.05) is 33.2 Å². The summed E-state index contributed by atoms with van der Waals surface area (Å²) in [5, 5.41) is 6.80. The van der Waals surface area contributed by atoms with Gasteiger partial charge in [-0.1, -0.05) is 55.5 Å². The SMILES string of the molecule is CN=C(NCC1CCN(S(=O)(=O)c2ccccc2)CC1)NCC(C)c1ccccc1.I. The number of piperidine rings is 1. The third-order valence-electron chi connectivity index (χ3n) is 5.68. The predicted molar refractivity (Wildman–Crippen MR) is 138 cm³/mol. The zero-order valence-corrected chi connectivity index (χ0v) is 21.3. The Kier molecular flexibility index (Phi) is 10.2. The minimum atomic E-state index is -3.39. The van der Waals surface area contributed by atoms with Crippen molar-refractivity contribution in [2.45, 2.75) is 30.6 Å². The van der Waals surface area contributed by atoms with Crippen LogP contribution in [0.25, 0.3) is 0 Å². The molecule has 1 unspecified atom stereocenters. The molecule has 0 aromatic heterocycles. The van der Waals surface area contributed by atoms with E-state index in [2.05, 4.69) is 46.8 Å². The number of halogens is 1. The van der Waals surface area contributed by atoms with Crippen molar-refractivity contribution in [2.75, 3.05) is 33.2 Å². The van der Waals surface area contributed by atoms with Crippen LogP contribution < -0.4 is 10.6 Å². The highest BCUT2D eigenvalue weighted by Crippen LogP contribution is 2.23. The van der Waals surface area contributed by atoms with E-state index in [1.165, 1.54) is 5.56 Å². The lowest BCUT2D eigenvalue weighted by Crippen LogP contribution is -2.44. The van der Waals surface area contributed by atoms with Crippen molar-refractivity contribution < 1.29 is 8.42 Å². The quantitative estimate of drug-likeness (QED) is 0.310. The van der Waals surface area contributed by atoms with Crippen LogP contribution >= 0.6 is 24.0 Å². The molecule has 31 heavy (non-hydrogen) atoms. The maximum absolute atomic E-state index is 12.8. The van der Waals surface area contributed by atoms with E-state index in [0.717, 1.165) is 31.9 Å². The fourth-order valence-electron chi connectivity index (χ4n) is 3.71. The number of sulfonamides is 1. The molecule has 0 amide bonds. The first-order valence-electron chi connectivity index (χ1n) is 10.6. The predicted octanol–water partition coefficient (Wildman–Crippen LogP) is 3.67. The summed E-state index contributed by atoms with van der Waals surface area (Å²) in [5.74, 6) is 1.60. The van der Waals surface area contributed by atoms with Gasteiger partial charge in [-0.15, -0.1) is 24.0 Å². The van der Waals surface area contributed by atoms with Crippen molar-refractivity contribution in [3.05, 3.63) is 66.2 Å². The van der Waals surface area contributed by atoms with Crippen LogP contribution in [0.1, 0.15) is 31.2 Å². The summed E-state index contributed by atoms with van der Waals surface area (Å²) in [4.78, 5) is 4.69. The van der Waals surface area contributed by atoms with Crippen LogP contribution in [-0.2, 0) is 10.0 Å². The van der Waals surface area contributed by atoms with Gasteiger partial charge < -0.3 is 10.6 Å². The molecular weight excluding hydrogens is 523 g/mol. The number of nitrogens with zero attached hydrogens (tertiary/aromatic N) is 2. The first-order valence-corrected chi connectivity index (χ1v) is 12.0. The van der Waals surface area contributed by atoms with Gasteiger partial charge >= 0.3 is 0 Å². The molecule has 0 bridgehead atoms. The van der Waals surface area contributed by atoms with Crippen LogP contribution in [-0.4, -0.2) is 51.9 Å². The fourth-order valence-corrected chi connectivity index (χ4v) is 5.20. The standard InChI is InChI=1S/C23H32N4O2S.HI/c1-19(21-9-5-3-6-10-21)17-25-23(24-2)26-18-20-13-15-27(16-14-20)30(28,29)22-11-7-4-8-12-22;/h3-12,19-20H,13-18H2,1-2H3,(H2,24,25,26);1H. The Bertz CT molecular complexity index is 915. The lowest BCUT2D eigenvalue weighted by molar-refractivity contribution is 0.273. The van der Waals surface area contributed by atoms with E-state index in [4.69, 9.17) is 0 Å². The van der Waals surface area contributed by atoms with Gasteiger partial charge in [-0.2, -0.15) is 4.31 Å². The van der Waals surface area contributed by atoms with E-state index in [-0.39, 0.29) is 24.0 Å². The van der Waals surface area contributed by atoms with Crippen molar-refractivity contribution >= 4 is 40.0 Å². The van der Waals surface area contributed by atoms with E-state index >= 15 is 0 Å². The molecule has 170 valence electrons. The van der Waals surface area contributed by atoms with Gasteiger partial charge in [-0.05, 0) is 42.4 Å². The number of guanidine groups is 1. The molecule has 2 N–H and O–H groups in total. The first kappa shape index (κ1) is 25.6. The normalized spacial score (nSPS) is 16.9. The van der Waals surface area contributed by atoms with Gasteiger partial charge in [0.2, 0.25) is 10.0 Å². The Morgan fingerprint density at radius 3 is 2.19 bits per heavy atom. The van der Waals surface area contributed by atoms with E-state index in [0.29, 0.717) is 29.8 Å². The fraction of sp³-hybridized carbons (Fsp3) is 0.435. The van der Waals surface area contributed by atoms with Crippen molar-refractivity contribution in [2.24, 2.45) is 10.9 Å². The maximum Gasteiger partial charge on any atom is 0.243 e. The Balaban J connectivity index is 0.00000341. The molecular formula is C23H33IN4O2S. The van der Waals surface area contributed by atoms with Gasteiger partial charge in [0.25, 0.3) is 0 Å². The largest absolute Gasteiger partial charge is 0.356 e. The van der Waals surface area contributed by atoms with Crippen molar-refractivity contribution in [1.29, 1.82) is 0 Å².